The fraction of sp³-hybridized carbons (Fsp3) is 0.720. The maximum Gasteiger partial charge on any atom is 0.306 e. The summed E-state index contributed by atoms with van der Waals surface area (Å²) in [7, 11) is 5.91. The van der Waals surface area contributed by atoms with Crippen LogP contribution in [0.5, 0.6) is 0 Å². The molecule has 0 aliphatic carbocycles. The molecule has 0 bridgehead atoms. The second kappa shape index (κ2) is 64.9. The van der Waals surface area contributed by atoms with Crippen LogP contribution in [0, 0.1) is 0 Å². The maximum absolute atomic E-state index is 12.9. The highest BCUT2D eigenvalue weighted by atomic mass is 16.7. The summed E-state index contributed by atoms with van der Waals surface area (Å²) in [6.07, 6.45) is 87.4. The zero-order chi connectivity index (χ0) is 61.2. The van der Waals surface area contributed by atoms with Gasteiger partial charge in [-0.05, 0) is 83.5 Å². The molecule has 482 valence electrons. The van der Waals surface area contributed by atoms with Crippen molar-refractivity contribution in [1.82, 2.24) is 0 Å². The molecule has 0 fully saturated rings. The number of aliphatic carboxylic acids is 1. The number of rotatable bonds is 63. The van der Waals surface area contributed by atoms with Crippen LogP contribution in [-0.4, -0.2) is 82.3 Å². The molecule has 0 saturated heterocycles. The highest BCUT2D eigenvalue weighted by Crippen LogP contribution is 2.17. The van der Waals surface area contributed by atoms with Crippen molar-refractivity contribution in [2.75, 3.05) is 47.5 Å². The predicted octanol–water partition coefficient (Wildman–Crippen LogP) is 20.1. The Kier molecular flexibility index (Phi) is 61.8. The first-order chi connectivity index (χ1) is 41.1. The maximum atomic E-state index is 12.9. The Balaban J connectivity index is 4.22. The van der Waals surface area contributed by atoms with E-state index < -0.39 is 24.3 Å². The summed E-state index contributed by atoms with van der Waals surface area (Å²) in [4.78, 5) is 37.5. The third-order valence-corrected chi connectivity index (χ3v) is 14.8. The molecule has 0 aromatic rings. The van der Waals surface area contributed by atoms with Gasteiger partial charge in [-0.25, -0.2) is 0 Å². The molecule has 0 spiro atoms. The number of quaternary nitrogens is 1. The molecule has 0 N–H and O–H groups in total. The smallest absolute Gasteiger partial charge is 0.306 e. The summed E-state index contributed by atoms with van der Waals surface area (Å²) in [5, 5.41) is 11.8. The van der Waals surface area contributed by atoms with E-state index in [0.717, 1.165) is 96.3 Å². The van der Waals surface area contributed by atoms with Gasteiger partial charge in [-0.1, -0.05) is 303 Å². The predicted molar refractivity (Wildman–Crippen MR) is 357 cm³/mol. The van der Waals surface area contributed by atoms with Crippen LogP contribution in [0.25, 0.3) is 0 Å². The van der Waals surface area contributed by atoms with Crippen LogP contribution < -0.4 is 5.11 Å². The number of nitrogens with zero attached hydrogens (tertiary/aromatic N) is 1. The van der Waals surface area contributed by atoms with Crippen LogP contribution in [0.15, 0.2) is 109 Å². The number of likely N-dealkylation sites (N-methyl/N-ethyl adjacent to an activating group) is 1. The SMILES string of the molecule is CC/C=C\C/C=C\C/C=C\C/C=C\C/C=C\C/C=C\C/C=C\C/C=C\C/C=C\CCCCCC(=O)OC(COC(=O)CCCCCCCCCCCCCCCCCCCCCCCCCCCCCC)COC(OCC[N+](C)(C)C)C(=O)[O-]. The Morgan fingerprint density at radius 3 is 1.01 bits per heavy atom. The van der Waals surface area contributed by atoms with Crippen LogP contribution in [0.2, 0.25) is 0 Å². The van der Waals surface area contributed by atoms with E-state index in [2.05, 4.69) is 123 Å². The first kappa shape index (κ1) is 80.0. The van der Waals surface area contributed by atoms with Crippen LogP contribution in [0.1, 0.15) is 290 Å². The summed E-state index contributed by atoms with van der Waals surface area (Å²) in [5.74, 6) is -2.33. The number of unbranched alkanes of at least 4 members (excludes halogenated alkanes) is 30. The Morgan fingerprint density at radius 2 is 0.679 bits per heavy atom. The topological polar surface area (TPSA) is 111 Å². The standard InChI is InChI=1S/C75H129NO8/c1-6-8-10-12-14-16-18-20-22-24-26-28-30-32-34-36-37-38-40-42-44-46-48-50-52-54-56-58-60-62-64-66-73(78)84-71(70-83-75(74(79)80)81-68-67-76(3,4)5)69-82-72(77)65-63-61-59-57-55-53-51-49-47-45-43-41-39-35-33-31-29-27-25-23-21-19-17-15-13-11-9-7-2/h8,10,14,16,20,22,26,28,32,34,37-38,42,44,48,50,54,56,71,75H,6-7,9,11-13,15,17-19,21,23-25,27,29-31,33,35-36,39-41,43,45-47,49,51-53,55,57-70H2,1-5H3/b10-8-,16-14-,22-20-,28-26-,34-32-,38-37-,44-42-,50-48-,56-54-. The van der Waals surface area contributed by atoms with E-state index in [1.165, 1.54) is 161 Å². The van der Waals surface area contributed by atoms with Gasteiger partial charge in [-0.3, -0.25) is 9.59 Å². The van der Waals surface area contributed by atoms with E-state index in [4.69, 9.17) is 18.9 Å². The number of allylic oxidation sites excluding steroid dienone is 18. The molecule has 9 heteroatoms. The third kappa shape index (κ3) is 65.5. The lowest BCUT2D eigenvalue weighted by Crippen LogP contribution is -2.44. The average Bonchev–Trinajstić information content (AvgIpc) is 3.51. The largest absolute Gasteiger partial charge is 0.545 e. The quantitative estimate of drug-likeness (QED) is 0.0195. The van der Waals surface area contributed by atoms with Gasteiger partial charge in [0.05, 0.1) is 40.3 Å². The Bertz CT molecular complexity index is 1750. The third-order valence-electron chi connectivity index (χ3n) is 14.8. The molecule has 0 aliphatic rings. The second-order valence-corrected chi connectivity index (χ2v) is 24.1. The minimum Gasteiger partial charge on any atom is -0.545 e. The molecule has 0 saturated carbocycles. The number of carbonyl (C=O) groups is 3. The van der Waals surface area contributed by atoms with Gasteiger partial charge in [0.25, 0.3) is 0 Å². The van der Waals surface area contributed by atoms with Gasteiger partial charge in [0.15, 0.2) is 12.4 Å². The lowest BCUT2D eigenvalue weighted by Gasteiger charge is -2.26. The normalized spacial score (nSPS) is 13.4. The average molecular weight is 1170 g/mol. The minimum atomic E-state index is -1.64. The van der Waals surface area contributed by atoms with Crippen molar-refractivity contribution in [3.8, 4) is 0 Å². The number of ether oxygens (including phenoxy) is 4. The van der Waals surface area contributed by atoms with Crippen LogP contribution in [-0.2, 0) is 33.3 Å². The number of carboxylic acids is 1. The van der Waals surface area contributed by atoms with E-state index in [9.17, 15) is 19.5 Å². The molecule has 0 radical (unpaired) electrons. The molecule has 2 atom stereocenters. The fourth-order valence-electron chi connectivity index (χ4n) is 9.53. The highest BCUT2D eigenvalue weighted by Gasteiger charge is 2.22. The van der Waals surface area contributed by atoms with Crippen molar-refractivity contribution >= 4 is 17.9 Å². The molecule has 0 amide bonds. The van der Waals surface area contributed by atoms with Gasteiger partial charge in [0, 0.05) is 12.8 Å². The number of esters is 2. The summed E-state index contributed by atoms with van der Waals surface area (Å²) in [5.41, 5.74) is 0. The van der Waals surface area contributed by atoms with Crippen LogP contribution >= 0.6 is 0 Å². The lowest BCUT2D eigenvalue weighted by molar-refractivity contribution is -0.870. The van der Waals surface area contributed by atoms with Gasteiger partial charge in [-0.15, -0.1) is 0 Å². The van der Waals surface area contributed by atoms with Gasteiger partial charge in [0.2, 0.25) is 0 Å². The Hall–Kier alpha value is -4.05. The summed E-state index contributed by atoms with van der Waals surface area (Å²) in [6, 6.07) is 0. The van der Waals surface area contributed by atoms with E-state index in [0.29, 0.717) is 17.4 Å². The van der Waals surface area contributed by atoms with E-state index in [-0.39, 0.29) is 38.6 Å². The van der Waals surface area contributed by atoms with Crippen molar-refractivity contribution in [3.05, 3.63) is 109 Å². The molecule has 0 rings (SSSR count). The molecule has 0 aromatic carbocycles. The molecule has 0 aromatic heterocycles. The Labute approximate surface area is 517 Å². The minimum absolute atomic E-state index is 0.136. The van der Waals surface area contributed by atoms with Gasteiger partial charge < -0.3 is 33.3 Å². The monoisotopic (exact) mass is 1170 g/mol. The molecule has 0 heterocycles. The van der Waals surface area contributed by atoms with Crippen molar-refractivity contribution in [2.45, 2.75) is 302 Å². The highest BCUT2D eigenvalue weighted by molar-refractivity contribution is 5.70. The molecule has 0 aliphatic heterocycles. The molecule has 2 unspecified atom stereocenters. The number of hydrogen-bond acceptors (Lipinski definition) is 8. The van der Waals surface area contributed by atoms with Crippen LogP contribution in [0.3, 0.4) is 0 Å². The molecule has 84 heavy (non-hydrogen) atoms. The van der Waals surface area contributed by atoms with E-state index >= 15 is 0 Å². The summed E-state index contributed by atoms with van der Waals surface area (Å²) < 4.78 is 22.7. The van der Waals surface area contributed by atoms with Gasteiger partial charge in [-0.2, -0.15) is 0 Å². The summed E-state index contributed by atoms with van der Waals surface area (Å²) in [6.45, 7) is 4.62. The van der Waals surface area contributed by atoms with E-state index in [1.807, 2.05) is 21.1 Å². The van der Waals surface area contributed by atoms with Crippen molar-refractivity contribution in [1.29, 1.82) is 0 Å². The van der Waals surface area contributed by atoms with Crippen molar-refractivity contribution < 1.29 is 42.9 Å². The zero-order valence-corrected chi connectivity index (χ0v) is 55.0. The first-order valence-electron chi connectivity index (χ1n) is 34.5. The first-order valence-corrected chi connectivity index (χ1v) is 34.5. The second-order valence-electron chi connectivity index (χ2n) is 24.1. The lowest BCUT2D eigenvalue weighted by atomic mass is 10.0. The number of carboxylic acid groups (broad SMARTS) is 1. The van der Waals surface area contributed by atoms with E-state index in [1.54, 1.807) is 0 Å². The van der Waals surface area contributed by atoms with Crippen molar-refractivity contribution in [3.63, 3.8) is 0 Å². The van der Waals surface area contributed by atoms with Crippen LogP contribution in [0.4, 0.5) is 0 Å². The fourth-order valence-corrected chi connectivity index (χ4v) is 9.53. The summed E-state index contributed by atoms with van der Waals surface area (Å²) >= 11 is 0. The molecular weight excluding hydrogens is 1040 g/mol. The van der Waals surface area contributed by atoms with Gasteiger partial charge >= 0.3 is 11.9 Å². The Morgan fingerprint density at radius 1 is 0.369 bits per heavy atom. The zero-order valence-electron chi connectivity index (χ0n) is 55.0. The molecular formula is C75H129NO8. The molecule has 9 nitrogen and oxygen atoms in total. The number of hydrogen-bond donors (Lipinski definition) is 0. The number of carbonyl (C=O) groups excluding carboxylic acids is 3. The van der Waals surface area contributed by atoms with Gasteiger partial charge in [0.1, 0.15) is 13.2 Å². The van der Waals surface area contributed by atoms with Crippen molar-refractivity contribution in [2.24, 2.45) is 0 Å².